The molecule has 0 saturated carbocycles. The van der Waals surface area contributed by atoms with E-state index in [1.54, 1.807) is 0 Å². The van der Waals surface area contributed by atoms with Crippen molar-refractivity contribution in [2.75, 3.05) is 0 Å². The minimum atomic E-state index is -3.17. The zero-order valence-corrected chi connectivity index (χ0v) is 18.9. The molecule has 0 heterocycles. The van der Waals surface area contributed by atoms with Crippen LogP contribution in [0, 0.1) is 0 Å². The van der Waals surface area contributed by atoms with Gasteiger partial charge in [0.1, 0.15) is 0 Å². The maximum atomic E-state index is 9.00. The van der Waals surface area contributed by atoms with Gasteiger partial charge in [0, 0.05) is 6.92 Å². The number of benzene rings is 4. The normalized spacial score (nSPS) is 10.5. The second kappa shape index (κ2) is 10.1. The van der Waals surface area contributed by atoms with Crippen molar-refractivity contribution in [2.45, 2.75) is 6.92 Å². The first-order valence-electron chi connectivity index (χ1n) is 9.46. The number of aliphatic carboxylic acids is 1. The Morgan fingerprint density at radius 1 is 0.517 bits per heavy atom. The molecule has 3 heteroatoms. The van der Waals surface area contributed by atoms with Crippen molar-refractivity contribution in [3.05, 3.63) is 121 Å². The molecule has 0 bridgehead atoms. The molecule has 0 aliphatic rings. The van der Waals surface area contributed by atoms with Crippen LogP contribution in [0.25, 0.3) is 0 Å². The SMILES string of the molecule is CC(=O)O.c1cc[c]([Sb+]([c]2ccccc2)([c]2ccccc2)[c]2ccccc2)cc1. The fraction of sp³-hybridized carbons (Fsp3) is 0.0385. The summed E-state index contributed by atoms with van der Waals surface area (Å²) in [5, 5.41) is 7.42. The van der Waals surface area contributed by atoms with Gasteiger partial charge in [0.25, 0.3) is 5.97 Å². The molecule has 0 aliphatic carbocycles. The molecule has 0 aromatic heterocycles. The van der Waals surface area contributed by atoms with Gasteiger partial charge in [0.2, 0.25) is 0 Å². The average molecular weight is 490 g/mol. The average Bonchev–Trinajstić information content (AvgIpc) is 2.77. The van der Waals surface area contributed by atoms with Crippen molar-refractivity contribution in [2.24, 2.45) is 0 Å². The summed E-state index contributed by atoms with van der Waals surface area (Å²) in [6, 6.07) is 44.4. The van der Waals surface area contributed by atoms with Gasteiger partial charge in [-0.05, 0) is 0 Å². The standard InChI is InChI=1S/4C6H5.C2H4O2.Sb/c4*1-2-4-6-5-3-1;1-2(3)4;/h4*1-5H;1H3,(H,3,4);/q;;;;;+1. The Hall–Kier alpha value is -2.83. The molecule has 0 radical (unpaired) electrons. The van der Waals surface area contributed by atoms with Crippen LogP contribution in [-0.4, -0.2) is 29.9 Å². The van der Waals surface area contributed by atoms with Crippen molar-refractivity contribution in [3.8, 4) is 0 Å². The van der Waals surface area contributed by atoms with Gasteiger partial charge in [-0.25, -0.2) is 0 Å². The topological polar surface area (TPSA) is 37.3 Å². The molecule has 4 aromatic carbocycles. The molecule has 29 heavy (non-hydrogen) atoms. The summed E-state index contributed by atoms with van der Waals surface area (Å²) in [7, 11) is 0. The number of carbonyl (C=O) groups is 1. The van der Waals surface area contributed by atoms with Crippen molar-refractivity contribution in [1.29, 1.82) is 0 Å². The van der Waals surface area contributed by atoms with Gasteiger partial charge in [-0.2, -0.15) is 0 Å². The van der Waals surface area contributed by atoms with E-state index in [0.29, 0.717) is 0 Å². The number of carboxylic acids is 1. The Morgan fingerprint density at radius 3 is 0.862 bits per heavy atom. The Bertz CT molecular complexity index is 850. The Morgan fingerprint density at radius 2 is 0.690 bits per heavy atom. The summed E-state index contributed by atoms with van der Waals surface area (Å²) >= 11 is -3.17. The van der Waals surface area contributed by atoms with E-state index in [-0.39, 0.29) is 0 Å². The quantitative estimate of drug-likeness (QED) is 0.447. The van der Waals surface area contributed by atoms with Gasteiger partial charge in [-0.1, -0.05) is 0 Å². The Balaban J connectivity index is 0.000000552. The van der Waals surface area contributed by atoms with Gasteiger partial charge in [0.15, 0.2) is 0 Å². The molecule has 0 unspecified atom stereocenters. The molecule has 0 atom stereocenters. The van der Waals surface area contributed by atoms with E-state index in [0.717, 1.165) is 6.92 Å². The summed E-state index contributed by atoms with van der Waals surface area (Å²) in [4.78, 5) is 9.00. The van der Waals surface area contributed by atoms with Crippen LogP contribution in [0.2, 0.25) is 0 Å². The van der Waals surface area contributed by atoms with Gasteiger partial charge in [-0.3, -0.25) is 4.79 Å². The molecule has 0 spiro atoms. The Labute approximate surface area is 176 Å². The van der Waals surface area contributed by atoms with Gasteiger partial charge >= 0.3 is 154 Å². The molecule has 2 nitrogen and oxygen atoms in total. The van der Waals surface area contributed by atoms with Crippen LogP contribution < -0.4 is 14.0 Å². The van der Waals surface area contributed by atoms with E-state index in [9.17, 15) is 0 Å². The van der Waals surface area contributed by atoms with Crippen molar-refractivity contribution < 1.29 is 9.90 Å². The van der Waals surface area contributed by atoms with E-state index in [1.165, 1.54) is 14.0 Å². The first-order valence-corrected chi connectivity index (χ1v) is 14.6. The van der Waals surface area contributed by atoms with Gasteiger partial charge in [0.05, 0.1) is 0 Å². The van der Waals surface area contributed by atoms with Crippen LogP contribution in [0.3, 0.4) is 0 Å². The molecule has 4 aromatic rings. The fourth-order valence-electron chi connectivity index (χ4n) is 3.50. The predicted molar refractivity (Wildman–Crippen MR) is 123 cm³/mol. The monoisotopic (exact) mass is 489 g/mol. The summed E-state index contributed by atoms with van der Waals surface area (Å²) in [6.45, 7) is 1.08. The number of hydrogen-bond acceptors (Lipinski definition) is 1. The van der Waals surface area contributed by atoms with Crippen molar-refractivity contribution >= 4 is 38.8 Å². The number of hydrogen-bond donors (Lipinski definition) is 1. The van der Waals surface area contributed by atoms with Crippen molar-refractivity contribution in [3.63, 3.8) is 0 Å². The fourth-order valence-corrected chi connectivity index (χ4v) is 15.7. The third-order valence-electron chi connectivity index (χ3n) is 4.57. The second-order valence-corrected chi connectivity index (χ2v) is 16.3. The minimum absolute atomic E-state index is 0.833. The van der Waals surface area contributed by atoms with E-state index < -0.39 is 24.8 Å². The van der Waals surface area contributed by atoms with Gasteiger partial charge in [-0.15, -0.1) is 0 Å². The molecule has 144 valence electrons. The van der Waals surface area contributed by atoms with E-state index in [2.05, 4.69) is 121 Å². The van der Waals surface area contributed by atoms with Crippen LogP contribution in [-0.2, 0) is 4.79 Å². The van der Waals surface area contributed by atoms with Crippen LogP contribution in [0.1, 0.15) is 6.92 Å². The van der Waals surface area contributed by atoms with Crippen LogP contribution in [0.15, 0.2) is 121 Å². The molecule has 4 rings (SSSR count). The molecular formula is C26H24O2Sb+. The van der Waals surface area contributed by atoms with Crippen LogP contribution in [0.5, 0.6) is 0 Å². The van der Waals surface area contributed by atoms with E-state index in [1.807, 2.05) is 0 Å². The first-order chi connectivity index (χ1) is 14.2. The molecule has 0 fully saturated rings. The number of rotatable bonds is 4. The van der Waals surface area contributed by atoms with Gasteiger partial charge < -0.3 is 5.11 Å². The first kappa shape index (κ1) is 20.9. The van der Waals surface area contributed by atoms with Crippen LogP contribution >= 0.6 is 0 Å². The Kier molecular flexibility index (Phi) is 7.27. The maximum absolute atomic E-state index is 9.00. The summed E-state index contributed by atoms with van der Waals surface area (Å²) in [5.74, 6) is -0.833. The summed E-state index contributed by atoms with van der Waals surface area (Å²) < 4.78 is 5.91. The van der Waals surface area contributed by atoms with E-state index >= 15 is 0 Å². The van der Waals surface area contributed by atoms with Crippen molar-refractivity contribution in [1.82, 2.24) is 0 Å². The summed E-state index contributed by atoms with van der Waals surface area (Å²) in [5.41, 5.74) is 0. The molecule has 1 N–H and O–H groups in total. The second-order valence-electron chi connectivity index (χ2n) is 6.53. The molecule has 0 amide bonds. The van der Waals surface area contributed by atoms with E-state index in [4.69, 9.17) is 9.90 Å². The number of carboxylic acid groups (broad SMARTS) is 1. The molecule has 0 saturated heterocycles. The summed E-state index contributed by atoms with van der Waals surface area (Å²) in [6.07, 6.45) is 0. The molecule has 0 aliphatic heterocycles. The predicted octanol–water partition coefficient (Wildman–Crippen LogP) is 3.15. The molecular weight excluding hydrogens is 466 g/mol. The zero-order chi connectivity index (χ0) is 20.5. The third kappa shape index (κ3) is 4.78. The third-order valence-corrected chi connectivity index (χ3v) is 16.8. The van der Waals surface area contributed by atoms with Crippen LogP contribution in [0.4, 0.5) is 0 Å². The zero-order valence-electron chi connectivity index (χ0n) is 16.3.